The maximum atomic E-state index is 12.1. The Morgan fingerprint density at radius 2 is 1.72 bits per heavy atom. The molecule has 0 aromatic carbocycles. The summed E-state index contributed by atoms with van der Waals surface area (Å²) in [6.07, 6.45) is 4.34. The van der Waals surface area contributed by atoms with Gasteiger partial charge < -0.3 is 19.9 Å². The van der Waals surface area contributed by atoms with Crippen molar-refractivity contribution in [1.82, 2.24) is 15.1 Å². The van der Waals surface area contributed by atoms with Crippen molar-refractivity contribution < 1.29 is 9.53 Å². The van der Waals surface area contributed by atoms with Gasteiger partial charge in [-0.25, -0.2) is 4.79 Å². The van der Waals surface area contributed by atoms with Gasteiger partial charge in [-0.05, 0) is 59.3 Å². The van der Waals surface area contributed by atoms with Gasteiger partial charge in [0.2, 0.25) is 0 Å². The van der Waals surface area contributed by atoms with Gasteiger partial charge in [0.25, 0.3) is 0 Å². The third kappa shape index (κ3) is 7.58. The third-order valence-corrected chi connectivity index (χ3v) is 4.51. The van der Waals surface area contributed by atoms with Crippen LogP contribution in [-0.2, 0) is 4.74 Å². The molecule has 0 bridgehead atoms. The lowest BCUT2D eigenvalue weighted by Gasteiger charge is -2.33. The highest BCUT2D eigenvalue weighted by Crippen LogP contribution is 2.20. The number of ether oxygens (including phenoxy) is 1. The van der Waals surface area contributed by atoms with E-state index in [1.54, 1.807) is 0 Å². The van der Waals surface area contributed by atoms with Crippen molar-refractivity contribution in [3.63, 3.8) is 0 Å². The number of piperidine rings is 1. The highest BCUT2D eigenvalue weighted by molar-refractivity contribution is 14.0. The maximum absolute atomic E-state index is 12.1. The van der Waals surface area contributed by atoms with E-state index in [2.05, 4.69) is 17.1 Å². The van der Waals surface area contributed by atoms with Crippen LogP contribution < -0.4 is 5.32 Å². The monoisotopic (exact) mass is 466 g/mol. The molecular formula is C18H35IN4O2. The summed E-state index contributed by atoms with van der Waals surface area (Å²) < 4.78 is 5.45. The van der Waals surface area contributed by atoms with E-state index >= 15 is 0 Å². The molecular weight excluding hydrogens is 431 g/mol. The average molecular weight is 466 g/mol. The summed E-state index contributed by atoms with van der Waals surface area (Å²) in [5.74, 6) is 1.62. The number of carbonyl (C=O) groups is 1. The molecule has 0 radical (unpaired) electrons. The number of hydrogen-bond acceptors (Lipinski definition) is 3. The number of likely N-dealkylation sites (tertiary alicyclic amines) is 2. The first kappa shape index (κ1) is 22.3. The van der Waals surface area contributed by atoms with Gasteiger partial charge in [-0.3, -0.25) is 4.99 Å². The Balaban J connectivity index is 0.00000312. The molecule has 0 spiro atoms. The molecule has 25 heavy (non-hydrogen) atoms. The number of amides is 1. The second-order valence-corrected chi connectivity index (χ2v) is 7.80. The van der Waals surface area contributed by atoms with Gasteiger partial charge in [-0.1, -0.05) is 0 Å². The Labute approximate surface area is 169 Å². The molecule has 1 amide bonds. The van der Waals surface area contributed by atoms with E-state index in [1.165, 1.54) is 12.8 Å². The van der Waals surface area contributed by atoms with Gasteiger partial charge >= 0.3 is 6.09 Å². The zero-order chi connectivity index (χ0) is 17.6. The average Bonchev–Trinajstić information content (AvgIpc) is 3.04. The summed E-state index contributed by atoms with van der Waals surface area (Å²) in [7, 11) is 0. The summed E-state index contributed by atoms with van der Waals surface area (Å²) in [6.45, 7) is 13.4. The smallest absolute Gasteiger partial charge is 0.410 e. The lowest BCUT2D eigenvalue weighted by Crippen LogP contribution is -2.43. The van der Waals surface area contributed by atoms with Crippen LogP contribution in [0.1, 0.15) is 53.4 Å². The molecule has 6 nitrogen and oxygen atoms in total. The van der Waals surface area contributed by atoms with Crippen LogP contribution >= 0.6 is 24.0 Å². The second-order valence-electron chi connectivity index (χ2n) is 7.80. The SMILES string of the molecule is CCNC(=NCC1CCN(C(=O)OC(C)(C)C)CC1)N1CCCC1.I. The first-order chi connectivity index (χ1) is 11.4. The first-order valence-corrected chi connectivity index (χ1v) is 9.40. The van der Waals surface area contributed by atoms with Gasteiger partial charge in [0.1, 0.15) is 5.60 Å². The summed E-state index contributed by atoms with van der Waals surface area (Å²) in [5, 5.41) is 3.41. The van der Waals surface area contributed by atoms with Crippen molar-refractivity contribution in [2.24, 2.45) is 10.9 Å². The minimum Gasteiger partial charge on any atom is -0.444 e. The molecule has 0 aromatic rings. The van der Waals surface area contributed by atoms with Gasteiger partial charge in [0, 0.05) is 39.3 Å². The molecule has 0 saturated carbocycles. The summed E-state index contributed by atoms with van der Waals surface area (Å²) in [5.41, 5.74) is -0.422. The van der Waals surface area contributed by atoms with Crippen LogP contribution in [0.2, 0.25) is 0 Å². The predicted octanol–water partition coefficient (Wildman–Crippen LogP) is 3.31. The van der Waals surface area contributed by atoms with Gasteiger partial charge in [-0.15, -0.1) is 24.0 Å². The van der Waals surface area contributed by atoms with Crippen LogP contribution in [0, 0.1) is 5.92 Å². The Kier molecular flexibility index (Phi) is 9.30. The molecule has 0 atom stereocenters. The predicted molar refractivity (Wildman–Crippen MR) is 113 cm³/mol. The number of nitrogens with one attached hydrogen (secondary N) is 1. The highest BCUT2D eigenvalue weighted by atomic mass is 127. The topological polar surface area (TPSA) is 57.2 Å². The van der Waals surface area contributed by atoms with E-state index in [0.717, 1.165) is 58.1 Å². The quantitative estimate of drug-likeness (QED) is 0.394. The zero-order valence-electron chi connectivity index (χ0n) is 16.2. The third-order valence-electron chi connectivity index (χ3n) is 4.51. The number of carbonyl (C=O) groups excluding carboxylic acids is 1. The molecule has 0 aliphatic carbocycles. The van der Waals surface area contributed by atoms with Gasteiger partial charge in [-0.2, -0.15) is 0 Å². The first-order valence-electron chi connectivity index (χ1n) is 9.40. The van der Waals surface area contributed by atoms with E-state index in [4.69, 9.17) is 9.73 Å². The Morgan fingerprint density at radius 3 is 2.24 bits per heavy atom. The minimum atomic E-state index is -0.422. The second kappa shape index (κ2) is 10.4. The lowest BCUT2D eigenvalue weighted by molar-refractivity contribution is 0.0187. The molecule has 2 rings (SSSR count). The van der Waals surface area contributed by atoms with Crippen LogP contribution in [0.3, 0.4) is 0 Å². The summed E-state index contributed by atoms with van der Waals surface area (Å²) in [4.78, 5) is 21.1. The van der Waals surface area contributed by atoms with E-state index in [1.807, 2.05) is 25.7 Å². The van der Waals surface area contributed by atoms with Crippen LogP contribution in [0.25, 0.3) is 0 Å². The molecule has 7 heteroatoms. The van der Waals surface area contributed by atoms with Crippen molar-refractivity contribution in [2.45, 2.75) is 59.0 Å². The van der Waals surface area contributed by atoms with Gasteiger partial charge in [0.05, 0.1) is 0 Å². The molecule has 2 saturated heterocycles. The Bertz CT molecular complexity index is 437. The number of halogens is 1. The van der Waals surface area contributed by atoms with Crippen molar-refractivity contribution in [3.8, 4) is 0 Å². The van der Waals surface area contributed by atoms with E-state index in [0.29, 0.717) is 5.92 Å². The molecule has 146 valence electrons. The zero-order valence-corrected chi connectivity index (χ0v) is 18.5. The number of rotatable bonds is 3. The van der Waals surface area contributed by atoms with Crippen molar-refractivity contribution >= 4 is 36.0 Å². The molecule has 0 unspecified atom stereocenters. The fraction of sp³-hybridized carbons (Fsp3) is 0.889. The molecule has 1 N–H and O–H groups in total. The molecule has 2 aliphatic heterocycles. The number of nitrogens with zero attached hydrogens (tertiary/aromatic N) is 3. The molecule has 2 heterocycles. The van der Waals surface area contributed by atoms with Crippen LogP contribution in [0.5, 0.6) is 0 Å². The summed E-state index contributed by atoms with van der Waals surface area (Å²) in [6, 6.07) is 0. The molecule has 2 fully saturated rings. The van der Waals surface area contributed by atoms with E-state index in [-0.39, 0.29) is 30.1 Å². The van der Waals surface area contributed by atoms with E-state index < -0.39 is 5.60 Å². The summed E-state index contributed by atoms with van der Waals surface area (Å²) >= 11 is 0. The van der Waals surface area contributed by atoms with Gasteiger partial charge in [0.15, 0.2) is 5.96 Å². The number of guanidine groups is 1. The molecule has 0 aromatic heterocycles. The van der Waals surface area contributed by atoms with Crippen LogP contribution in [-0.4, -0.2) is 66.7 Å². The maximum Gasteiger partial charge on any atom is 0.410 e. The van der Waals surface area contributed by atoms with Crippen molar-refractivity contribution in [2.75, 3.05) is 39.3 Å². The number of aliphatic imine (C=N–C) groups is 1. The van der Waals surface area contributed by atoms with Crippen molar-refractivity contribution in [3.05, 3.63) is 0 Å². The fourth-order valence-corrected chi connectivity index (χ4v) is 3.19. The Hall–Kier alpha value is -0.730. The lowest BCUT2D eigenvalue weighted by atomic mass is 9.97. The normalized spacial score (nSPS) is 19.6. The van der Waals surface area contributed by atoms with Crippen LogP contribution in [0.15, 0.2) is 4.99 Å². The standard InChI is InChI=1S/C18H34N4O2.HI/c1-5-19-16(21-10-6-7-11-21)20-14-15-8-12-22(13-9-15)17(23)24-18(2,3)4;/h15H,5-14H2,1-4H3,(H,19,20);1H. The molecule has 2 aliphatic rings. The Morgan fingerprint density at radius 1 is 1.12 bits per heavy atom. The van der Waals surface area contributed by atoms with Crippen molar-refractivity contribution in [1.29, 1.82) is 0 Å². The number of hydrogen-bond donors (Lipinski definition) is 1. The fourth-order valence-electron chi connectivity index (χ4n) is 3.19. The largest absolute Gasteiger partial charge is 0.444 e. The minimum absolute atomic E-state index is 0. The van der Waals surface area contributed by atoms with Crippen LogP contribution in [0.4, 0.5) is 4.79 Å². The highest BCUT2D eigenvalue weighted by Gasteiger charge is 2.27. The van der Waals surface area contributed by atoms with E-state index in [9.17, 15) is 4.79 Å².